The smallest absolute Gasteiger partial charge is 0.191 e. The van der Waals surface area contributed by atoms with Crippen LogP contribution >= 0.6 is 23.2 Å². The lowest BCUT2D eigenvalue weighted by atomic mass is 10.1. The maximum absolute atomic E-state index is 10.4. The van der Waals surface area contributed by atoms with E-state index in [4.69, 9.17) is 23.2 Å². The standard InChI is InChI=1S/C20H33Cl2N5O/c1-3-23-20(24-6-4-8-27-9-5-7-26(2)10-11-27)25-15-19(28)16-12-17(21)14-18(22)13-16/h12-14,19,28H,3-11,15H2,1-2H3,(H2,23,24,25). The molecule has 0 aromatic heterocycles. The minimum absolute atomic E-state index is 0.241. The van der Waals surface area contributed by atoms with E-state index in [9.17, 15) is 5.11 Å². The van der Waals surface area contributed by atoms with Crippen LogP contribution in [0, 0.1) is 0 Å². The summed E-state index contributed by atoms with van der Waals surface area (Å²) in [6.45, 7) is 9.61. The van der Waals surface area contributed by atoms with Crippen LogP contribution in [-0.2, 0) is 0 Å². The van der Waals surface area contributed by atoms with Crippen LogP contribution in [0.15, 0.2) is 23.2 Å². The quantitative estimate of drug-likeness (QED) is 0.336. The van der Waals surface area contributed by atoms with Crippen molar-refractivity contribution in [3.8, 4) is 0 Å². The van der Waals surface area contributed by atoms with E-state index < -0.39 is 6.10 Å². The van der Waals surface area contributed by atoms with Gasteiger partial charge in [-0.2, -0.15) is 0 Å². The molecule has 0 spiro atoms. The van der Waals surface area contributed by atoms with Gasteiger partial charge in [0.1, 0.15) is 0 Å². The molecule has 1 aliphatic heterocycles. The number of nitrogens with zero attached hydrogens (tertiary/aromatic N) is 3. The summed E-state index contributed by atoms with van der Waals surface area (Å²) in [5.74, 6) is 0.713. The van der Waals surface area contributed by atoms with Crippen molar-refractivity contribution in [2.45, 2.75) is 25.9 Å². The first-order chi connectivity index (χ1) is 13.5. The molecule has 3 N–H and O–H groups in total. The van der Waals surface area contributed by atoms with Crippen LogP contribution in [-0.4, -0.2) is 80.3 Å². The summed E-state index contributed by atoms with van der Waals surface area (Å²) in [6, 6.07) is 5.08. The van der Waals surface area contributed by atoms with Crippen LogP contribution in [0.2, 0.25) is 10.0 Å². The Morgan fingerprint density at radius 2 is 1.89 bits per heavy atom. The first kappa shape index (κ1) is 23.2. The third-order valence-electron chi connectivity index (χ3n) is 4.79. The van der Waals surface area contributed by atoms with Crippen LogP contribution in [0.5, 0.6) is 0 Å². The molecule has 0 saturated carbocycles. The Hall–Kier alpha value is -1.05. The zero-order valence-electron chi connectivity index (χ0n) is 16.9. The van der Waals surface area contributed by atoms with Gasteiger partial charge in [-0.3, -0.25) is 4.99 Å². The van der Waals surface area contributed by atoms with Crippen molar-refractivity contribution in [1.29, 1.82) is 0 Å². The molecule has 1 aromatic rings. The highest BCUT2D eigenvalue weighted by atomic mass is 35.5. The molecule has 1 aliphatic rings. The number of nitrogens with one attached hydrogen (secondary N) is 2. The topological polar surface area (TPSA) is 63.1 Å². The summed E-state index contributed by atoms with van der Waals surface area (Å²) >= 11 is 12.0. The van der Waals surface area contributed by atoms with Crippen molar-refractivity contribution < 1.29 is 5.11 Å². The fourth-order valence-electron chi connectivity index (χ4n) is 3.23. The number of likely N-dealkylation sites (N-methyl/N-ethyl adjacent to an activating group) is 1. The summed E-state index contributed by atoms with van der Waals surface area (Å²) in [5.41, 5.74) is 0.670. The molecule has 6 nitrogen and oxygen atoms in total. The van der Waals surface area contributed by atoms with E-state index in [0.29, 0.717) is 21.6 Å². The second-order valence-electron chi connectivity index (χ2n) is 7.22. The van der Waals surface area contributed by atoms with Crippen molar-refractivity contribution in [2.75, 3.05) is 59.4 Å². The third kappa shape index (κ3) is 8.53. The Labute approximate surface area is 178 Å². The average Bonchev–Trinajstić information content (AvgIpc) is 2.86. The second-order valence-corrected chi connectivity index (χ2v) is 8.09. The van der Waals surface area contributed by atoms with E-state index >= 15 is 0 Å². The van der Waals surface area contributed by atoms with Gasteiger partial charge in [-0.15, -0.1) is 0 Å². The Bertz CT molecular complexity index is 608. The minimum atomic E-state index is -0.749. The van der Waals surface area contributed by atoms with Gasteiger partial charge in [0, 0.05) is 36.2 Å². The Morgan fingerprint density at radius 3 is 2.61 bits per heavy atom. The summed E-state index contributed by atoms with van der Waals surface area (Å²) in [4.78, 5) is 9.42. The SMILES string of the molecule is CCNC(=NCC(O)c1cc(Cl)cc(Cl)c1)NCCCN1CCCN(C)CC1. The Morgan fingerprint density at radius 1 is 1.14 bits per heavy atom. The minimum Gasteiger partial charge on any atom is -0.386 e. The number of guanidine groups is 1. The summed E-state index contributed by atoms with van der Waals surface area (Å²) in [5, 5.41) is 18.0. The molecule has 28 heavy (non-hydrogen) atoms. The zero-order chi connectivity index (χ0) is 20.4. The van der Waals surface area contributed by atoms with Crippen molar-refractivity contribution in [3.63, 3.8) is 0 Å². The molecule has 1 atom stereocenters. The molecule has 8 heteroatoms. The Balaban J connectivity index is 1.78. The molecule has 0 bridgehead atoms. The fraction of sp³-hybridized carbons (Fsp3) is 0.650. The highest BCUT2D eigenvalue weighted by Crippen LogP contribution is 2.23. The summed E-state index contributed by atoms with van der Waals surface area (Å²) in [6.07, 6.45) is 1.54. The van der Waals surface area contributed by atoms with E-state index in [1.165, 1.54) is 19.5 Å². The van der Waals surface area contributed by atoms with Gasteiger partial charge >= 0.3 is 0 Å². The normalized spacial score (nSPS) is 18.0. The molecule has 0 radical (unpaired) electrons. The van der Waals surface area contributed by atoms with E-state index in [1.54, 1.807) is 18.2 Å². The lowest BCUT2D eigenvalue weighted by Gasteiger charge is -2.20. The zero-order valence-corrected chi connectivity index (χ0v) is 18.4. The number of hydrogen-bond donors (Lipinski definition) is 3. The molecule has 0 aliphatic carbocycles. The van der Waals surface area contributed by atoms with Crippen molar-refractivity contribution in [1.82, 2.24) is 20.4 Å². The second kappa shape index (κ2) is 12.5. The first-order valence-corrected chi connectivity index (χ1v) is 10.8. The fourth-order valence-corrected chi connectivity index (χ4v) is 3.77. The van der Waals surface area contributed by atoms with Crippen LogP contribution in [0.4, 0.5) is 0 Å². The molecule has 1 unspecified atom stereocenters. The molecule has 1 heterocycles. The van der Waals surface area contributed by atoms with E-state index in [0.717, 1.165) is 39.1 Å². The number of halogens is 2. The lowest BCUT2D eigenvalue weighted by Crippen LogP contribution is -2.39. The van der Waals surface area contributed by atoms with Crippen LogP contribution in [0.3, 0.4) is 0 Å². The van der Waals surface area contributed by atoms with Gasteiger partial charge in [0.2, 0.25) is 0 Å². The molecule has 1 fully saturated rings. The van der Waals surface area contributed by atoms with Gasteiger partial charge in [0.15, 0.2) is 5.96 Å². The van der Waals surface area contributed by atoms with Crippen molar-refractivity contribution >= 4 is 29.2 Å². The van der Waals surface area contributed by atoms with Crippen LogP contribution in [0.1, 0.15) is 31.4 Å². The summed E-state index contributed by atoms with van der Waals surface area (Å²) in [7, 11) is 2.19. The number of rotatable bonds is 8. The number of benzene rings is 1. The number of hydrogen-bond acceptors (Lipinski definition) is 4. The van der Waals surface area contributed by atoms with Gasteiger partial charge in [0.05, 0.1) is 12.6 Å². The van der Waals surface area contributed by atoms with E-state index in [-0.39, 0.29) is 6.54 Å². The highest BCUT2D eigenvalue weighted by Gasteiger charge is 2.12. The van der Waals surface area contributed by atoms with Crippen molar-refractivity contribution in [2.24, 2.45) is 4.99 Å². The third-order valence-corrected chi connectivity index (χ3v) is 5.23. The molecule has 2 rings (SSSR count). The lowest BCUT2D eigenvalue weighted by molar-refractivity contribution is 0.187. The predicted molar refractivity (Wildman–Crippen MR) is 119 cm³/mol. The number of aliphatic hydroxyl groups is 1. The Kier molecular flexibility index (Phi) is 10.4. The van der Waals surface area contributed by atoms with Gasteiger partial charge in [0.25, 0.3) is 0 Å². The maximum atomic E-state index is 10.4. The number of aliphatic hydroxyl groups excluding tert-OH is 1. The molecule has 1 aromatic carbocycles. The average molecular weight is 430 g/mol. The van der Waals surface area contributed by atoms with E-state index in [1.807, 2.05) is 6.92 Å². The van der Waals surface area contributed by atoms with Crippen LogP contribution in [0.25, 0.3) is 0 Å². The predicted octanol–water partition coefficient (Wildman–Crippen LogP) is 2.61. The molecular weight excluding hydrogens is 397 g/mol. The maximum Gasteiger partial charge on any atom is 0.191 e. The van der Waals surface area contributed by atoms with Crippen LogP contribution < -0.4 is 10.6 Å². The van der Waals surface area contributed by atoms with E-state index in [2.05, 4.69) is 32.5 Å². The molecule has 0 amide bonds. The molecule has 158 valence electrons. The van der Waals surface area contributed by atoms with Gasteiger partial charge in [-0.1, -0.05) is 23.2 Å². The van der Waals surface area contributed by atoms with Gasteiger partial charge in [-0.05, 0) is 70.2 Å². The molecular formula is C20H33Cl2N5O. The van der Waals surface area contributed by atoms with Gasteiger partial charge in [-0.25, -0.2) is 0 Å². The van der Waals surface area contributed by atoms with Crippen molar-refractivity contribution in [3.05, 3.63) is 33.8 Å². The summed E-state index contributed by atoms with van der Waals surface area (Å²) < 4.78 is 0. The largest absolute Gasteiger partial charge is 0.386 e. The molecule has 1 saturated heterocycles. The number of aliphatic imine (C=N–C) groups is 1. The first-order valence-electron chi connectivity index (χ1n) is 10.0. The monoisotopic (exact) mass is 429 g/mol. The van der Waals surface area contributed by atoms with Gasteiger partial charge < -0.3 is 25.5 Å². The highest BCUT2D eigenvalue weighted by molar-refractivity contribution is 6.34.